The molecule has 0 aliphatic carbocycles. The number of halogens is 1. The van der Waals surface area contributed by atoms with Gasteiger partial charge in [-0.3, -0.25) is 9.59 Å². The second-order valence-electron chi connectivity index (χ2n) is 14.6. The first-order valence-electron chi connectivity index (χ1n) is 17.1. The highest BCUT2D eigenvalue weighted by molar-refractivity contribution is 8.01. The van der Waals surface area contributed by atoms with E-state index in [1.165, 1.54) is 0 Å². The number of hydrogen-bond acceptors (Lipinski definition) is 6. The Morgan fingerprint density at radius 2 is 1.68 bits per heavy atom. The highest BCUT2D eigenvalue weighted by Gasteiger charge is 2.44. The number of piperazine rings is 1. The minimum atomic E-state index is -0.445. The van der Waals surface area contributed by atoms with Crippen LogP contribution < -0.4 is 10.2 Å². The fourth-order valence-electron chi connectivity index (χ4n) is 7.20. The number of nitrogens with zero attached hydrogens (tertiary/aromatic N) is 5. The van der Waals surface area contributed by atoms with Crippen molar-refractivity contribution >= 4 is 52.6 Å². The summed E-state index contributed by atoms with van der Waals surface area (Å²) in [6.07, 6.45) is 3.33. The molecule has 47 heavy (non-hydrogen) atoms. The molecule has 2 unspecified atom stereocenters. The minimum absolute atomic E-state index is 0.0174. The fraction of sp³-hybridized carbons (Fsp3) is 0.583. The van der Waals surface area contributed by atoms with Gasteiger partial charge in [-0.05, 0) is 55.8 Å². The molecule has 254 valence electrons. The smallest absolute Gasteiger partial charge is 0.322 e. The highest BCUT2D eigenvalue weighted by Crippen LogP contribution is 2.49. The summed E-state index contributed by atoms with van der Waals surface area (Å²) in [5.41, 5.74) is 4.17. The predicted octanol–water partition coefficient (Wildman–Crippen LogP) is 5.94. The maximum absolute atomic E-state index is 14.1. The van der Waals surface area contributed by atoms with E-state index in [1.54, 1.807) is 11.8 Å². The third kappa shape index (κ3) is 7.70. The SMILES string of the molecule is CN1CCN(c2c(Cl)cccc2C2SC(CC(=O)N3CCC(N4CCc5ccccc5NC4=O)CC3)C(=O)N2CCC(C)(C)C)CC1. The first-order chi connectivity index (χ1) is 22.5. The van der Waals surface area contributed by atoms with Crippen LogP contribution in [0.2, 0.25) is 5.02 Å². The second kappa shape index (κ2) is 14.3. The molecule has 3 fully saturated rings. The van der Waals surface area contributed by atoms with Crippen LogP contribution in [0.4, 0.5) is 16.2 Å². The summed E-state index contributed by atoms with van der Waals surface area (Å²) in [4.78, 5) is 51.4. The standard InChI is InChI=1S/C36H49ClN6O3S/c1-36(2,3)15-19-43-33(45)30(47-34(43)27-9-7-10-28(37)32(27)41-22-20-39(4)21-23-41)24-31(44)40-16-13-26(14-17-40)42-18-12-25-8-5-6-11-29(25)38-35(42)46/h5-11,26,30,34H,12-24H2,1-4H3,(H,38,46). The molecule has 1 N–H and O–H groups in total. The molecule has 0 aromatic heterocycles. The Morgan fingerprint density at radius 1 is 0.957 bits per heavy atom. The lowest BCUT2D eigenvalue weighted by Crippen LogP contribution is -2.50. The van der Waals surface area contributed by atoms with Gasteiger partial charge in [0, 0.05) is 76.1 Å². The summed E-state index contributed by atoms with van der Waals surface area (Å²) in [6.45, 7) is 12.7. The Morgan fingerprint density at radius 3 is 2.40 bits per heavy atom. The maximum atomic E-state index is 14.1. The van der Waals surface area contributed by atoms with Gasteiger partial charge in [0.2, 0.25) is 11.8 Å². The average molecular weight is 681 g/mol. The summed E-state index contributed by atoms with van der Waals surface area (Å²) in [5, 5.41) is 3.14. The van der Waals surface area contributed by atoms with Crippen molar-refractivity contribution in [2.24, 2.45) is 5.41 Å². The number of carbonyl (C=O) groups excluding carboxylic acids is 3. The molecule has 6 rings (SSSR count). The van der Waals surface area contributed by atoms with Crippen LogP contribution in [0.5, 0.6) is 0 Å². The van der Waals surface area contributed by atoms with Gasteiger partial charge in [-0.15, -0.1) is 11.8 Å². The van der Waals surface area contributed by atoms with Crippen LogP contribution in [-0.4, -0.2) is 108 Å². The molecular formula is C36H49ClN6O3S. The second-order valence-corrected chi connectivity index (χ2v) is 16.3. The molecule has 4 aliphatic rings. The van der Waals surface area contributed by atoms with E-state index in [0.717, 1.165) is 74.4 Å². The van der Waals surface area contributed by atoms with Gasteiger partial charge in [0.15, 0.2) is 0 Å². The van der Waals surface area contributed by atoms with Gasteiger partial charge in [0.05, 0.1) is 16.0 Å². The monoisotopic (exact) mass is 680 g/mol. The number of fused-ring (bicyclic) bond motifs is 1. The molecule has 9 nitrogen and oxygen atoms in total. The number of nitrogens with one attached hydrogen (secondary N) is 1. The first-order valence-corrected chi connectivity index (χ1v) is 18.4. The maximum Gasteiger partial charge on any atom is 0.322 e. The van der Waals surface area contributed by atoms with Gasteiger partial charge in [-0.1, -0.05) is 62.7 Å². The predicted molar refractivity (Wildman–Crippen MR) is 191 cm³/mol. The van der Waals surface area contributed by atoms with Crippen LogP contribution >= 0.6 is 23.4 Å². The van der Waals surface area contributed by atoms with E-state index in [9.17, 15) is 14.4 Å². The Labute approximate surface area is 288 Å². The van der Waals surface area contributed by atoms with Crippen molar-refractivity contribution < 1.29 is 14.4 Å². The van der Waals surface area contributed by atoms with Gasteiger partial charge in [-0.2, -0.15) is 0 Å². The molecule has 2 aromatic carbocycles. The number of likely N-dealkylation sites (tertiary alicyclic amines) is 1. The van der Waals surface area contributed by atoms with Crippen molar-refractivity contribution in [2.75, 3.05) is 69.6 Å². The number of hydrogen-bond donors (Lipinski definition) is 1. The van der Waals surface area contributed by atoms with Crippen LogP contribution in [0, 0.1) is 5.41 Å². The molecule has 2 aromatic rings. The molecule has 2 atom stereocenters. The number of likely N-dealkylation sites (N-methyl/N-ethyl adjacent to an activating group) is 1. The highest BCUT2D eigenvalue weighted by atomic mass is 35.5. The van der Waals surface area contributed by atoms with Crippen molar-refractivity contribution in [3.63, 3.8) is 0 Å². The number of anilines is 2. The zero-order chi connectivity index (χ0) is 33.3. The number of urea groups is 1. The number of benzene rings is 2. The summed E-state index contributed by atoms with van der Waals surface area (Å²) >= 11 is 8.49. The molecule has 4 heterocycles. The molecular weight excluding hydrogens is 632 g/mol. The molecule has 4 amide bonds. The van der Waals surface area contributed by atoms with E-state index in [2.05, 4.69) is 55.1 Å². The molecule has 0 spiro atoms. The van der Waals surface area contributed by atoms with E-state index in [4.69, 9.17) is 11.6 Å². The fourth-order valence-corrected chi connectivity index (χ4v) is 8.99. The van der Waals surface area contributed by atoms with Gasteiger partial charge in [0.25, 0.3) is 0 Å². The lowest BCUT2D eigenvalue weighted by molar-refractivity contribution is -0.137. The molecule has 0 bridgehead atoms. The van der Waals surface area contributed by atoms with Crippen LogP contribution in [0.15, 0.2) is 42.5 Å². The lowest BCUT2D eigenvalue weighted by Gasteiger charge is -2.38. The van der Waals surface area contributed by atoms with Crippen LogP contribution in [0.25, 0.3) is 0 Å². The Hall–Kier alpha value is -2.95. The van der Waals surface area contributed by atoms with Gasteiger partial charge in [0.1, 0.15) is 5.37 Å². The zero-order valence-corrected chi connectivity index (χ0v) is 29.8. The third-order valence-corrected chi connectivity index (χ3v) is 11.9. The topological polar surface area (TPSA) is 79.4 Å². The van der Waals surface area contributed by atoms with Crippen molar-refractivity contribution in [1.29, 1.82) is 0 Å². The van der Waals surface area contributed by atoms with Gasteiger partial charge < -0.3 is 29.8 Å². The van der Waals surface area contributed by atoms with Gasteiger partial charge >= 0.3 is 6.03 Å². The number of para-hydroxylation sites is 2. The number of amides is 4. The largest absolute Gasteiger partial charge is 0.367 e. The summed E-state index contributed by atoms with van der Waals surface area (Å²) < 4.78 is 0. The van der Waals surface area contributed by atoms with Crippen molar-refractivity contribution in [3.8, 4) is 0 Å². The molecule has 0 radical (unpaired) electrons. The van der Waals surface area contributed by atoms with Crippen molar-refractivity contribution in [1.82, 2.24) is 19.6 Å². The van der Waals surface area contributed by atoms with Crippen LogP contribution in [-0.2, 0) is 16.0 Å². The molecule has 0 saturated carbocycles. The van der Waals surface area contributed by atoms with Gasteiger partial charge in [-0.25, -0.2) is 4.79 Å². The van der Waals surface area contributed by atoms with E-state index >= 15 is 0 Å². The number of carbonyl (C=O) groups is 3. The zero-order valence-electron chi connectivity index (χ0n) is 28.2. The lowest BCUT2D eigenvalue weighted by atomic mass is 9.92. The van der Waals surface area contributed by atoms with Crippen LogP contribution in [0.1, 0.15) is 63.0 Å². The first kappa shape index (κ1) is 33.9. The summed E-state index contributed by atoms with van der Waals surface area (Å²) in [6, 6.07) is 14.0. The van der Waals surface area contributed by atoms with Crippen molar-refractivity contribution in [3.05, 3.63) is 58.6 Å². The molecule has 11 heteroatoms. The van der Waals surface area contributed by atoms with Crippen LogP contribution in [0.3, 0.4) is 0 Å². The van der Waals surface area contributed by atoms with Crippen molar-refractivity contribution in [2.45, 2.75) is 69.5 Å². The van der Waals surface area contributed by atoms with E-state index in [1.807, 2.05) is 45.0 Å². The normalized spacial score (nSPS) is 23.2. The Kier molecular flexibility index (Phi) is 10.3. The third-order valence-electron chi connectivity index (χ3n) is 10.1. The van der Waals surface area contributed by atoms with E-state index < -0.39 is 5.25 Å². The molecule has 3 saturated heterocycles. The number of rotatable bonds is 7. The average Bonchev–Trinajstić information content (AvgIpc) is 3.24. The van der Waals surface area contributed by atoms with E-state index in [0.29, 0.717) is 31.2 Å². The van der Waals surface area contributed by atoms with E-state index in [-0.39, 0.29) is 41.1 Å². The molecule has 4 aliphatic heterocycles. The Bertz CT molecular complexity index is 1470. The summed E-state index contributed by atoms with van der Waals surface area (Å²) in [5.74, 6) is 0.0569. The minimum Gasteiger partial charge on any atom is -0.367 e. The quantitative estimate of drug-likeness (QED) is 0.390. The summed E-state index contributed by atoms with van der Waals surface area (Å²) in [7, 11) is 2.14. The number of thioether (sulfide) groups is 1. The number of piperidine rings is 1. The Balaban J connectivity index is 1.13.